The van der Waals surface area contributed by atoms with E-state index in [1.807, 2.05) is 48.5 Å². The van der Waals surface area contributed by atoms with Crippen LogP contribution in [0.4, 0.5) is 0 Å². The molecule has 2 aromatic carbocycles. The van der Waals surface area contributed by atoms with Gasteiger partial charge in [0.05, 0.1) is 26.7 Å². The summed E-state index contributed by atoms with van der Waals surface area (Å²) in [6.07, 6.45) is 4.22. The summed E-state index contributed by atoms with van der Waals surface area (Å²) in [6, 6.07) is 15.3. The zero-order chi connectivity index (χ0) is 25.2. The van der Waals surface area contributed by atoms with Crippen molar-refractivity contribution in [1.29, 1.82) is 0 Å². The number of carbonyl (C=O) groups excluding carboxylic acids is 1. The molecule has 2 N–H and O–H groups in total. The molecule has 1 saturated heterocycles. The number of nitrogens with one attached hydrogen (secondary N) is 1. The van der Waals surface area contributed by atoms with Crippen molar-refractivity contribution in [1.82, 2.24) is 10.2 Å². The highest BCUT2D eigenvalue weighted by Gasteiger charge is 2.46. The van der Waals surface area contributed by atoms with Gasteiger partial charge in [-0.25, -0.2) is 0 Å². The van der Waals surface area contributed by atoms with Crippen molar-refractivity contribution in [2.45, 2.75) is 51.0 Å². The molecule has 190 valence electrons. The molecule has 35 heavy (non-hydrogen) atoms. The molecule has 0 bridgehead atoms. The van der Waals surface area contributed by atoms with Gasteiger partial charge in [0.1, 0.15) is 11.5 Å². The fourth-order valence-corrected chi connectivity index (χ4v) is 5.10. The van der Waals surface area contributed by atoms with Crippen LogP contribution in [0.25, 0.3) is 0 Å². The van der Waals surface area contributed by atoms with E-state index >= 15 is 0 Å². The Morgan fingerprint density at radius 2 is 1.80 bits per heavy atom. The number of likely N-dealkylation sites (tertiary alicyclic amines) is 1. The Hall–Kier alpha value is -3.06. The maximum absolute atomic E-state index is 12.7. The highest BCUT2D eigenvalue weighted by Crippen LogP contribution is 2.40. The lowest BCUT2D eigenvalue weighted by molar-refractivity contribution is -0.143. The van der Waals surface area contributed by atoms with Gasteiger partial charge in [-0.1, -0.05) is 43.7 Å². The molecule has 7 nitrogen and oxygen atoms in total. The number of carboxylic acids is 1. The van der Waals surface area contributed by atoms with Crippen LogP contribution < -0.4 is 14.8 Å². The van der Waals surface area contributed by atoms with Gasteiger partial charge in [0.25, 0.3) is 0 Å². The molecule has 0 saturated carbocycles. The summed E-state index contributed by atoms with van der Waals surface area (Å²) in [4.78, 5) is 27.3. The second kappa shape index (κ2) is 13.1. The Morgan fingerprint density at radius 3 is 2.46 bits per heavy atom. The average molecular weight is 483 g/mol. The van der Waals surface area contributed by atoms with Gasteiger partial charge in [-0.15, -0.1) is 0 Å². The van der Waals surface area contributed by atoms with Crippen molar-refractivity contribution in [3.63, 3.8) is 0 Å². The van der Waals surface area contributed by atoms with E-state index in [2.05, 4.69) is 17.1 Å². The summed E-state index contributed by atoms with van der Waals surface area (Å²) < 4.78 is 10.7. The smallest absolute Gasteiger partial charge is 0.308 e. The number of methoxy groups -OCH3 is 2. The lowest BCUT2D eigenvalue weighted by Gasteiger charge is -2.26. The Bertz CT molecular complexity index is 962. The third kappa shape index (κ3) is 6.98. The Labute approximate surface area is 208 Å². The first-order valence-corrected chi connectivity index (χ1v) is 12.5. The number of carbonyl (C=O) groups is 2. The zero-order valence-corrected chi connectivity index (χ0v) is 21.0. The number of aliphatic carboxylic acids is 1. The topological polar surface area (TPSA) is 88.1 Å². The zero-order valence-electron chi connectivity index (χ0n) is 21.0. The van der Waals surface area contributed by atoms with E-state index in [1.54, 1.807) is 14.2 Å². The summed E-state index contributed by atoms with van der Waals surface area (Å²) in [5, 5.41) is 13.2. The van der Waals surface area contributed by atoms with Crippen LogP contribution in [0.3, 0.4) is 0 Å². The molecule has 3 atom stereocenters. The van der Waals surface area contributed by atoms with Gasteiger partial charge in [-0.2, -0.15) is 0 Å². The molecule has 0 spiro atoms. The maximum Gasteiger partial charge on any atom is 0.308 e. The van der Waals surface area contributed by atoms with Crippen LogP contribution >= 0.6 is 0 Å². The minimum atomic E-state index is -0.818. The van der Waals surface area contributed by atoms with Gasteiger partial charge in [0.2, 0.25) is 5.91 Å². The van der Waals surface area contributed by atoms with Gasteiger partial charge in [-0.3, -0.25) is 14.5 Å². The molecule has 0 radical (unpaired) electrons. The van der Waals surface area contributed by atoms with Crippen LogP contribution in [0, 0.1) is 5.92 Å². The van der Waals surface area contributed by atoms with Crippen LogP contribution in [0.2, 0.25) is 0 Å². The molecule has 2 aromatic rings. The second-order valence-electron chi connectivity index (χ2n) is 9.15. The average Bonchev–Trinajstić information content (AvgIpc) is 3.22. The van der Waals surface area contributed by atoms with Crippen LogP contribution in [-0.4, -0.2) is 61.8 Å². The van der Waals surface area contributed by atoms with Crippen LogP contribution in [0.15, 0.2) is 48.5 Å². The van der Waals surface area contributed by atoms with Gasteiger partial charge in [0.15, 0.2) is 0 Å². The lowest BCUT2D eigenvalue weighted by Crippen LogP contribution is -2.42. The van der Waals surface area contributed by atoms with E-state index in [4.69, 9.17) is 9.47 Å². The monoisotopic (exact) mass is 482 g/mol. The first kappa shape index (κ1) is 26.5. The Morgan fingerprint density at radius 1 is 1.06 bits per heavy atom. The standard InChI is InChI=1S/C28H38N2O5/c1-4-5-17-29-26(31)19-30-18-23(20-13-15-22(34-2)16-14-20)27(28(32)33)24(30)11-8-10-21-9-6-7-12-25(21)35-3/h6-7,9,12-16,23-24,27H,4-5,8,10-11,17-19H2,1-3H3,(H,29,31)(H,32,33). The van der Waals surface area contributed by atoms with E-state index in [-0.39, 0.29) is 24.4 Å². The molecule has 1 aliphatic heterocycles. The fraction of sp³-hybridized carbons (Fsp3) is 0.500. The van der Waals surface area contributed by atoms with Gasteiger partial charge in [-0.05, 0) is 55.0 Å². The molecule has 0 aromatic heterocycles. The quantitative estimate of drug-likeness (QED) is 0.418. The van der Waals surface area contributed by atoms with Gasteiger partial charge >= 0.3 is 5.97 Å². The molecule has 7 heteroatoms. The number of para-hydroxylation sites is 1. The highest BCUT2D eigenvalue weighted by molar-refractivity contribution is 5.79. The maximum atomic E-state index is 12.7. The Kier molecular flexibility index (Phi) is 9.97. The van der Waals surface area contributed by atoms with Crippen molar-refractivity contribution in [2.24, 2.45) is 5.92 Å². The van der Waals surface area contributed by atoms with Gasteiger partial charge < -0.3 is 19.9 Å². The number of nitrogens with zero attached hydrogens (tertiary/aromatic N) is 1. The SMILES string of the molecule is CCCCNC(=O)CN1CC(c2ccc(OC)cc2)C(C(=O)O)C1CCCc1ccccc1OC. The minimum Gasteiger partial charge on any atom is -0.497 e. The number of amides is 1. The fourth-order valence-electron chi connectivity index (χ4n) is 5.10. The number of rotatable bonds is 13. The number of aryl methyl sites for hydroxylation is 1. The number of hydrogen-bond acceptors (Lipinski definition) is 5. The number of ether oxygens (including phenoxy) is 2. The predicted molar refractivity (Wildman–Crippen MR) is 136 cm³/mol. The summed E-state index contributed by atoms with van der Waals surface area (Å²) in [6.45, 7) is 3.47. The molecular formula is C28H38N2O5. The van der Waals surface area contributed by atoms with E-state index in [1.165, 1.54) is 0 Å². The van der Waals surface area contributed by atoms with Crippen LogP contribution in [-0.2, 0) is 16.0 Å². The van der Waals surface area contributed by atoms with Crippen molar-refractivity contribution in [3.8, 4) is 11.5 Å². The minimum absolute atomic E-state index is 0.0484. The number of carboxylic acid groups (broad SMARTS) is 1. The van der Waals surface area contributed by atoms with Crippen LogP contribution in [0.1, 0.15) is 49.7 Å². The van der Waals surface area contributed by atoms with E-state index in [9.17, 15) is 14.7 Å². The summed E-state index contributed by atoms with van der Waals surface area (Å²) in [5.74, 6) is -0.0755. The van der Waals surface area contributed by atoms with Crippen LogP contribution in [0.5, 0.6) is 11.5 Å². The first-order chi connectivity index (χ1) is 17.0. The summed E-state index contributed by atoms with van der Waals surface area (Å²) in [7, 11) is 3.27. The molecule has 3 unspecified atom stereocenters. The first-order valence-electron chi connectivity index (χ1n) is 12.5. The van der Waals surface area contributed by atoms with E-state index in [0.29, 0.717) is 19.5 Å². The number of unbranched alkanes of at least 4 members (excludes halogenated alkanes) is 1. The third-order valence-corrected chi connectivity index (χ3v) is 6.92. The largest absolute Gasteiger partial charge is 0.497 e. The van der Waals surface area contributed by atoms with Crippen molar-refractivity contribution < 1.29 is 24.2 Å². The third-order valence-electron chi connectivity index (χ3n) is 6.92. The molecule has 3 rings (SSSR count). The molecule has 0 aliphatic carbocycles. The molecule has 1 fully saturated rings. The predicted octanol–water partition coefficient (Wildman–Crippen LogP) is 4.11. The van der Waals surface area contributed by atoms with E-state index in [0.717, 1.165) is 48.3 Å². The van der Waals surface area contributed by atoms with Crippen molar-refractivity contribution >= 4 is 11.9 Å². The number of benzene rings is 2. The summed E-state index contributed by atoms with van der Waals surface area (Å²) >= 11 is 0. The van der Waals surface area contributed by atoms with Crippen molar-refractivity contribution in [3.05, 3.63) is 59.7 Å². The molecule has 1 heterocycles. The molecular weight excluding hydrogens is 444 g/mol. The summed E-state index contributed by atoms with van der Waals surface area (Å²) in [5.41, 5.74) is 2.07. The number of hydrogen-bond donors (Lipinski definition) is 2. The lowest BCUT2D eigenvalue weighted by atomic mass is 9.83. The second-order valence-corrected chi connectivity index (χ2v) is 9.15. The van der Waals surface area contributed by atoms with Gasteiger partial charge in [0, 0.05) is 25.0 Å². The highest BCUT2D eigenvalue weighted by atomic mass is 16.5. The van der Waals surface area contributed by atoms with E-state index < -0.39 is 11.9 Å². The Balaban J connectivity index is 1.79. The molecule has 1 aliphatic rings. The van der Waals surface area contributed by atoms with Crippen molar-refractivity contribution in [2.75, 3.05) is 33.9 Å². The molecule has 1 amide bonds. The normalized spacial score (nSPS) is 19.9.